The largest absolute Gasteiger partial charge is 0.379 e. The Hall–Kier alpha value is -0.260. The molecule has 2 rings (SSSR count). The quantitative estimate of drug-likeness (QED) is 0.775. The van der Waals surface area contributed by atoms with E-state index in [1.165, 1.54) is 6.42 Å². The van der Waals surface area contributed by atoms with Crippen LogP contribution in [0.5, 0.6) is 0 Å². The van der Waals surface area contributed by atoms with E-state index in [-0.39, 0.29) is 17.9 Å². The van der Waals surface area contributed by atoms with Crippen LogP contribution in [0.25, 0.3) is 0 Å². The first-order valence-corrected chi connectivity index (χ1v) is 8.67. The number of hydrogen-bond acceptors (Lipinski definition) is 4. The molecule has 1 aliphatic carbocycles. The molecule has 110 valence electrons. The predicted molar refractivity (Wildman–Crippen MR) is 79.5 cm³/mol. The van der Waals surface area contributed by atoms with Crippen LogP contribution in [-0.4, -0.2) is 49.3 Å². The maximum absolute atomic E-state index is 12.3. The summed E-state index contributed by atoms with van der Waals surface area (Å²) >= 11 is 1.92. The average molecular weight is 286 g/mol. The lowest BCUT2D eigenvalue weighted by Crippen LogP contribution is -2.46. The molecule has 1 heterocycles. The first-order chi connectivity index (χ1) is 9.24. The number of ether oxygens (including phenoxy) is 1. The molecule has 2 fully saturated rings. The summed E-state index contributed by atoms with van der Waals surface area (Å²) < 4.78 is 5.47. The second kappa shape index (κ2) is 7.50. The minimum atomic E-state index is -0.0140. The second-order valence-corrected chi connectivity index (χ2v) is 6.72. The lowest BCUT2D eigenvalue weighted by Gasteiger charge is -2.21. The topological polar surface area (TPSA) is 50.4 Å². The number of thioether (sulfide) groups is 1. The molecule has 2 aliphatic rings. The lowest BCUT2D eigenvalue weighted by molar-refractivity contribution is -0.126. The Kier molecular flexibility index (Phi) is 5.98. The zero-order chi connectivity index (χ0) is 13.7. The van der Waals surface area contributed by atoms with Gasteiger partial charge in [-0.15, -0.1) is 0 Å². The Morgan fingerprint density at radius 1 is 1.37 bits per heavy atom. The van der Waals surface area contributed by atoms with Crippen LogP contribution in [0.2, 0.25) is 0 Å². The van der Waals surface area contributed by atoms with Gasteiger partial charge in [-0.1, -0.05) is 6.92 Å². The van der Waals surface area contributed by atoms with E-state index in [1.54, 1.807) is 0 Å². The van der Waals surface area contributed by atoms with E-state index in [0.717, 1.165) is 31.1 Å². The molecule has 1 saturated carbocycles. The van der Waals surface area contributed by atoms with Gasteiger partial charge in [-0.2, -0.15) is 11.8 Å². The fourth-order valence-electron chi connectivity index (χ4n) is 2.94. The minimum Gasteiger partial charge on any atom is -0.379 e. The van der Waals surface area contributed by atoms with E-state index in [2.05, 4.69) is 23.8 Å². The number of carbonyl (C=O) groups excluding carboxylic acids is 1. The first kappa shape index (κ1) is 15.1. The van der Waals surface area contributed by atoms with Gasteiger partial charge in [0.2, 0.25) is 5.91 Å². The molecule has 2 N–H and O–H groups in total. The molecule has 4 nitrogen and oxygen atoms in total. The van der Waals surface area contributed by atoms with Gasteiger partial charge < -0.3 is 15.4 Å². The summed E-state index contributed by atoms with van der Waals surface area (Å²) in [6, 6.07) is 0.565. The predicted octanol–water partition coefficient (Wildman–Crippen LogP) is 1.40. The van der Waals surface area contributed by atoms with Crippen LogP contribution in [0.3, 0.4) is 0 Å². The highest BCUT2D eigenvalue weighted by Crippen LogP contribution is 2.28. The molecule has 5 heteroatoms. The Morgan fingerprint density at radius 3 is 2.89 bits per heavy atom. The molecule has 1 aliphatic heterocycles. The van der Waals surface area contributed by atoms with Crippen molar-refractivity contribution < 1.29 is 9.53 Å². The van der Waals surface area contributed by atoms with Crippen molar-refractivity contribution in [3.05, 3.63) is 0 Å². The van der Waals surface area contributed by atoms with E-state index in [4.69, 9.17) is 4.74 Å². The van der Waals surface area contributed by atoms with Crippen molar-refractivity contribution in [3.8, 4) is 0 Å². The molecule has 19 heavy (non-hydrogen) atoms. The zero-order valence-corrected chi connectivity index (χ0v) is 12.8. The molecule has 4 unspecified atom stereocenters. The lowest BCUT2D eigenvalue weighted by atomic mass is 10.0. The highest BCUT2D eigenvalue weighted by molar-refractivity contribution is 7.99. The summed E-state index contributed by atoms with van der Waals surface area (Å²) in [5.41, 5.74) is 0. The van der Waals surface area contributed by atoms with Crippen molar-refractivity contribution >= 4 is 17.7 Å². The molecule has 4 atom stereocenters. The van der Waals surface area contributed by atoms with Gasteiger partial charge in [0.25, 0.3) is 0 Å². The molecule has 0 radical (unpaired) electrons. The third-order valence-corrected chi connectivity index (χ3v) is 5.23. The van der Waals surface area contributed by atoms with Crippen LogP contribution in [0, 0.1) is 5.92 Å². The number of amides is 1. The van der Waals surface area contributed by atoms with Gasteiger partial charge in [0.05, 0.1) is 19.1 Å². The van der Waals surface area contributed by atoms with Crippen LogP contribution in [0.15, 0.2) is 0 Å². The van der Waals surface area contributed by atoms with E-state index in [1.807, 2.05) is 11.8 Å². The SMILES string of the molecule is CCCNC1COCC1C(=O)NC1CCC(SC)C1. The van der Waals surface area contributed by atoms with Gasteiger partial charge in [0, 0.05) is 17.3 Å². The van der Waals surface area contributed by atoms with E-state index >= 15 is 0 Å². The van der Waals surface area contributed by atoms with E-state index in [0.29, 0.717) is 19.3 Å². The summed E-state index contributed by atoms with van der Waals surface area (Å²) in [6.45, 7) is 4.32. The monoisotopic (exact) mass is 286 g/mol. The molecule has 0 spiro atoms. The minimum absolute atomic E-state index is 0.0140. The van der Waals surface area contributed by atoms with Crippen LogP contribution in [0.4, 0.5) is 0 Å². The van der Waals surface area contributed by atoms with Gasteiger partial charge in [0.15, 0.2) is 0 Å². The van der Waals surface area contributed by atoms with Crippen molar-refractivity contribution in [2.75, 3.05) is 26.0 Å². The summed E-state index contributed by atoms with van der Waals surface area (Å²) in [6.07, 6.45) is 6.71. The van der Waals surface area contributed by atoms with Crippen LogP contribution in [-0.2, 0) is 9.53 Å². The smallest absolute Gasteiger partial charge is 0.227 e. The molecule has 0 aromatic carbocycles. The van der Waals surface area contributed by atoms with Gasteiger partial charge in [-0.25, -0.2) is 0 Å². The number of hydrogen-bond donors (Lipinski definition) is 2. The summed E-state index contributed by atoms with van der Waals surface area (Å²) in [5.74, 6) is 0.165. The second-order valence-electron chi connectivity index (χ2n) is 5.58. The number of rotatable bonds is 6. The molecular formula is C14H26N2O2S. The van der Waals surface area contributed by atoms with E-state index in [9.17, 15) is 4.79 Å². The fraction of sp³-hybridized carbons (Fsp3) is 0.929. The summed E-state index contributed by atoms with van der Waals surface area (Å²) in [7, 11) is 0. The standard InChI is InChI=1S/C14H26N2O2S/c1-3-6-15-13-9-18-8-12(13)14(17)16-10-4-5-11(7-10)19-2/h10-13,15H,3-9H2,1-2H3,(H,16,17). The Labute approximate surface area is 120 Å². The Morgan fingerprint density at radius 2 is 2.21 bits per heavy atom. The third-order valence-electron chi connectivity index (χ3n) is 4.14. The van der Waals surface area contributed by atoms with Gasteiger partial charge >= 0.3 is 0 Å². The average Bonchev–Trinajstić information content (AvgIpc) is 3.04. The van der Waals surface area contributed by atoms with Crippen molar-refractivity contribution in [1.82, 2.24) is 10.6 Å². The Bertz CT molecular complexity index is 301. The highest BCUT2D eigenvalue weighted by Gasteiger charge is 2.35. The normalized spacial score (nSPS) is 34.6. The third kappa shape index (κ3) is 4.10. The molecule has 0 bridgehead atoms. The Balaban J connectivity index is 1.78. The van der Waals surface area contributed by atoms with Crippen LogP contribution < -0.4 is 10.6 Å². The van der Waals surface area contributed by atoms with Crippen molar-refractivity contribution in [2.45, 2.75) is 49.9 Å². The number of nitrogens with one attached hydrogen (secondary N) is 2. The van der Waals surface area contributed by atoms with Crippen molar-refractivity contribution in [3.63, 3.8) is 0 Å². The first-order valence-electron chi connectivity index (χ1n) is 7.38. The van der Waals surface area contributed by atoms with Crippen LogP contribution in [0.1, 0.15) is 32.6 Å². The molecular weight excluding hydrogens is 260 g/mol. The molecule has 0 aromatic heterocycles. The molecule has 0 aromatic rings. The number of carbonyl (C=O) groups is 1. The maximum Gasteiger partial charge on any atom is 0.227 e. The summed E-state index contributed by atoms with van der Waals surface area (Å²) in [5, 5.41) is 7.36. The van der Waals surface area contributed by atoms with Gasteiger partial charge in [-0.3, -0.25) is 4.79 Å². The fourth-order valence-corrected chi connectivity index (χ4v) is 3.73. The highest BCUT2D eigenvalue weighted by atomic mass is 32.2. The van der Waals surface area contributed by atoms with Gasteiger partial charge in [0.1, 0.15) is 0 Å². The van der Waals surface area contributed by atoms with E-state index < -0.39 is 0 Å². The summed E-state index contributed by atoms with van der Waals surface area (Å²) in [4.78, 5) is 12.3. The van der Waals surface area contributed by atoms with Crippen molar-refractivity contribution in [1.29, 1.82) is 0 Å². The molecule has 1 saturated heterocycles. The van der Waals surface area contributed by atoms with Crippen molar-refractivity contribution in [2.24, 2.45) is 5.92 Å². The zero-order valence-electron chi connectivity index (χ0n) is 12.0. The maximum atomic E-state index is 12.3. The van der Waals surface area contributed by atoms with Gasteiger partial charge in [-0.05, 0) is 38.5 Å². The molecule has 1 amide bonds. The van der Waals surface area contributed by atoms with Crippen LogP contribution >= 0.6 is 11.8 Å².